The molecule has 1 aromatic carbocycles. The van der Waals surface area contributed by atoms with E-state index in [0.717, 1.165) is 77.4 Å². The van der Waals surface area contributed by atoms with Gasteiger partial charge in [-0.1, -0.05) is 37.3 Å². The number of anilines is 1. The number of unbranched alkanes of at least 4 members (excludes halogenated alkanes) is 6. The van der Waals surface area contributed by atoms with Crippen LogP contribution in [0, 0.1) is 0 Å². The molecule has 0 aromatic heterocycles. The fraction of sp³-hybridized carbons (Fsp3) is 0.690. The molecule has 244 valence electrons. The molecule has 1 heterocycles. The van der Waals surface area contributed by atoms with Crippen LogP contribution in [0.15, 0.2) is 12.1 Å². The first-order chi connectivity index (χ1) is 20.5. The Morgan fingerprint density at radius 3 is 2.16 bits per heavy atom. The molecule has 1 fully saturated rings. The normalized spacial score (nSPS) is 14.3. The Hall–Kier alpha value is -2.61. The third kappa shape index (κ3) is 15.6. The fourth-order valence-corrected chi connectivity index (χ4v) is 5.47. The van der Waals surface area contributed by atoms with Crippen LogP contribution >= 0.6 is 11.6 Å². The molecular formula is C29H48ClN5O7S. The summed E-state index contributed by atoms with van der Waals surface area (Å²) in [6.45, 7) is 3.37. The molecule has 43 heavy (non-hydrogen) atoms. The standard InChI is InChI=1S/C29H48ClN5O7S/c1-42-26-21-25(31)24(30)20-23(26)29(38)34-22-12-17-35(18-13-22)16-9-5-7-11-27(36)32-14-8-4-2-3-6-10-28(37)33-15-19-43(39,40)41/h20-22H,2-19,31H2,1H3,(H,32,36)(H,33,37)(H,34,38)(H,39,40,41). The highest BCUT2D eigenvalue weighted by atomic mass is 35.5. The Morgan fingerprint density at radius 2 is 1.53 bits per heavy atom. The maximum atomic E-state index is 12.8. The molecule has 0 bridgehead atoms. The molecule has 6 N–H and O–H groups in total. The second kappa shape index (κ2) is 19.6. The Bertz CT molecular complexity index is 1140. The van der Waals surface area contributed by atoms with Crippen molar-refractivity contribution in [2.45, 2.75) is 83.1 Å². The van der Waals surface area contributed by atoms with Gasteiger partial charge in [0.05, 0.1) is 29.1 Å². The first-order valence-electron chi connectivity index (χ1n) is 15.1. The number of methoxy groups -OCH3 is 1. The van der Waals surface area contributed by atoms with Gasteiger partial charge in [-0.15, -0.1) is 0 Å². The highest BCUT2D eigenvalue weighted by Crippen LogP contribution is 2.29. The molecule has 1 aliphatic heterocycles. The van der Waals surface area contributed by atoms with Crippen LogP contribution in [0.4, 0.5) is 5.69 Å². The van der Waals surface area contributed by atoms with Crippen LogP contribution in [-0.2, 0) is 19.7 Å². The minimum Gasteiger partial charge on any atom is -0.496 e. The lowest BCUT2D eigenvalue weighted by molar-refractivity contribution is -0.122. The van der Waals surface area contributed by atoms with E-state index in [9.17, 15) is 22.8 Å². The maximum absolute atomic E-state index is 12.8. The van der Waals surface area contributed by atoms with E-state index >= 15 is 0 Å². The third-order valence-electron chi connectivity index (χ3n) is 7.45. The van der Waals surface area contributed by atoms with E-state index in [0.29, 0.717) is 47.8 Å². The lowest BCUT2D eigenvalue weighted by Gasteiger charge is -2.32. The molecule has 0 saturated carbocycles. The van der Waals surface area contributed by atoms with Crippen molar-refractivity contribution in [2.75, 3.05) is 51.3 Å². The summed E-state index contributed by atoms with van der Waals surface area (Å²) in [6, 6.07) is 3.19. The van der Waals surface area contributed by atoms with Crippen LogP contribution in [-0.4, -0.2) is 87.2 Å². The minimum atomic E-state index is -4.05. The molecule has 12 nitrogen and oxygen atoms in total. The zero-order chi connectivity index (χ0) is 31.7. The SMILES string of the molecule is COc1cc(N)c(Cl)cc1C(=O)NC1CCN(CCCCCC(=O)NCCCCCCCC(=O)NCCS(=O)(=O)O)CC1. The van der Waals surface area contributed by atoms with Gasteiger partial charge in [-0.3, -0.25) is 18.9 Å². The zero-order valence-electron chi connectivity index (χ0n) is 25.2. The first kappa shape index (κ1) is 36.6. The van der Waals surface area contributed by atoms with Gasteiger partial charge < -0.3 is 31.3 Å². The topological polar surface area (TPSA) is 180 Å². The monoisotopic (exact) mass is 645 g/mol. The average molecular weight is 646 g/mol. The number of piperidine rings is 1. The number of nitrogens with two attached hydrogens (primary N) is 1. The number of likely N-dealkylation sites (tertiary alicyclic amines) is 1. The molecule has 0 unspecified atom stereocenters. The molecule has 0 spiro atoms. The van der Waals surface area contributed by atoms with Gasteiger partial charge in [0.15, 0.2) is 0 Å². The number of ether oxygens (including phenoxy) is 1. The van der Waals surface area contributed by atoms with Crippen LogP contribution < -0.4 is 26.4 Å². The number of amides is 3. The Balaban J connectivity index is 1.43. The van der Waals surface area contributed by atoms with Crippen LogP contribution in [0.1, 0.15) is 87.4 Å². The molecular weight excluding hydrogens is 598 g/mol. The van der Waals surface area contributed by atoms with E-state index in [1.54, 1.807) is 12.1 Å². The Morgan fingerprint density at radius 1 is 0.953 bits per heavy atom. The summed E-state index contributed by atoms with van der Waals surface area (Å²) in [7, 11) is -2.56. The Labute approximate surface area is 260 Å². The summed E-state index contributed by atoms with van der Waals surface area (Å²) < 4.78 is 35.2. The van der Waals surface area contributed by atoms with E-state index in [1.165, 1.54) is 7.11 Å². The molecule has 0 atom stereocenters. The second-order valence-electron chi connectivity index (χ2n) is 11.0. The van der Waals surface area contributed by atoms with E-state index in [-0.39, 0.29) is 30.3 Å². The molecule has 1 aliphatic rings. The van der Waals surface area contributed by atoms with Gasteiger partial charge in [0.25, 0.3) is 16.0 Å². The summed E-state index contributed by atoms with van der Waals surface area (Å²) in [4.78, 5) is 38.9. The maximum Gasteiger partial charge on any atom is 0.266 e. The predicted molar refractivity (Wildman–Crippen MR) is 168 cm³/mol. The number of carbonyl (C=O) groups excluding carboxylic acids is 3. The number of hydrogen-bond acceptors (Lipinski definition) is 8. The lowest BCUT2D eigenvalue weighted by atomic mass is 10.0. The summed E-state index contributed by atoms with van der Waals surface area (Å²) in [6.07, 6.45) is 9.90. The van der Waals surface area contributed by atoms with Gasteiger partial charge in [-0.25, -0.2) is 0 Å². The van der Waals surface area contributed by atoms with Gasteiger partial charge in [-0.05, 0) is 51.1 Å². The van der Waals surface area contributed by atoms with E-state index in [4.69, 9.17) is 26.6 Å². The second-order valence-corrected chi connectivity index (χ2v) is 13.0. The number of nitrogens with one attached hydrogen (secondary N) is 3. The molecule has 1 aromatic rings. The van der Waals surface area contributed by atoms with Crippen molar-refractivity contribution >= 4 is 45.1 Å². The zero-order valence-corrected chi connectivity index (χ0v) is 26.7. The molecule has 1 saturated heterocycles. The molecule has 14 heteroatoms. The average Bonchev–Trinajstić information content (AvgIpc) is 2.95. The summed E-state index contributed by atoms with van der Waals surface area (Å²) >= 11 is 6.10. The van der Waals surface area contributed by atoms with Crippen molar-refractivity contribution in [1.29, 1.82) is 0 Å². The lowest BCUT2D eigenvalue weighted by Crippen LogP contribution is -2.44. The number of nitrogen functional groups attached to an aromatic ring is 1. The molecule has 2 rings (SSSR count). The number of nitrogens with zero attached hydrogens (tertiary/aromatic N) is 1. The van der Waals surface area contributed by atoms with Crippen LogP contribution in [0.5, 0.6) is 5.75 Å². The van der Waals surface area contributed by atoms with E-state index < -0.39 is 15.9 Å². The largest absolute Gasteiger partial charge is 0.496 e. The molecule has 3 amide bonds. The highest BCUT2D eigenvalue weighted by molar-refractivity contribution is 7.85. The summed E-state index contributed by atoms with van der Waals surface area (Å²) in [5.74, 6) is -0.430. The number of hydrogen-bond donors (Lipinski definition) is 5. The van der Waals surface area contributed by atoms with E-state index in [2.05, 4.69) is 20.9 Å². The number of carbonyl (C=O) groups is 3. The summed E-state index contributed by atoms with van der Waals surface area (Å²) in [5, 5.41) is 8.86. The van der Waals surface area contributed by atoms with Crippen molar-refractivity contribution in [3.05, 3.63) is 22.7 Å². The van der Waals surface area contributed by atoms with Crippen molar-refractivity contribution in [3.63, 3.8) is 0 Å². The highest BCUT2D eigenvalue weighted by Gasteiger charge is 2.23. The van der Waals surface area contributed by atoms with Crippen molar-refractivity contribution in [2.24, 2.45) is 0 Å². The van der Waals surface area contributed by atoms with E-state index in [1.807, 2.05) is 0 Å². The van der Waals surface area contributed by atoms with Crippen LogP contribution in [0.2, 0.25) is 5.02 Å². The first-order valence-corrected chi connectivity index (χ1v) is 17.1. The van der Waals surface area contributed by atoms with Crippen molar-refractivity contribution < 1.29 is 32.1 Å². The minimum absolute atomic E-state index is 0.0807. The van der Waals surface area contributed by atoms with Gasteiger partial charge in [0.1, 0.15) is 5.75 Å². The van der Waals surface area contributed by atoms with Gasteiger partial charge in [0.2, 0.25) is 11.8 Å². The number of rotatable bonds is 20. The Kier molecular flexibility index (Phi) is 16.7. The molecule has 0 radical (unpaired) electrons. The number of benzene rings is 1. The molecule has 0 aliphatic carbocycles. The third-order valence-corrected chi connectivity index (χ3v) is 8.50. The predicted octanol–water partition coefficient (Wildman–Crippen LogP) is 3.15. The number of halogens is 1. The van der Waals surface area contributed by atoms with Gasteiger partial charge in [-0.2, -0.15) is 8.42 Å². The van der Waals surface area contributed by atoms with Gasteiger partial charge in [0, 0.05) is 51.1 Å². The fourth-order valence-electron chi connectivity index (χ4n) is 4.94. The smallest absolute Gasteiger partial charge is 0.266 e. The van der Waals surface area contributed by atoms with Crippen molar-refractivity contribution in [3.8, 4) is 5.75 Å². The van der Waals surface area contributed by atoms with Crippen LogP contribution in [0.25, 0.3) is 0 Å². The van der Waals surface area contributed by atoms with Gasteiger partial charge >= 0.3 is 0 Å². The van der Waals surface area contributed by atoms with Crippen molar-refractivity contribution in [1.82, 2.24) is 20.9 Å². The summed E-state index contributed by atoms with van der Waals surface area (Å²) in [5.41, 5.74) is 6.56. The quantitative estimate of drug-likeness (QED) is 0.0809. The van der Waals surface area contributed by atoms with Crippen LogP contribution in [0.3, 0.4) is 0 Å².